The van der Waals surface area contributed by atoms with Gasteiger partial charge in [0, 0.05) is 25.7 Å². The number of aryl methyl sites for hydroxylation is 2. The molecule has 0 radical (unpaired) electrons. The Balaban J connectivity index is 1.81. The van der Waals surface area contributed by atoms with Crippen molar-refractivity contribution in [2.45, 2.75) is 26.3 Å². The van der Waals surface area contributed by atoms with Gasteiger partial charge in [0.25, 0.3) is 0 Å². The highest BCUT2D eigenvalue weighted by Crippen LogP contribution is 2.12. The monoisotopic (exact) mass is 273 g/mol. The molecule has 0 unspecified atom stereocenters. The molecule has 4 heteroatoms. The highest BCUT2D eigenvalue weighted by molar-refractivity contribution is 5.27. The first kappa shape index (κ1) is 14.6. The normalized spacial score (nSPS) is 10.7. The molecule has 0 amide bonds. The van der Waals surface area contributed by atoms with Crippen molar-refractivity contribution < 1.29 is 4.74 Å². The standard InChI is InChI=1S/C16H23N3O/c1-3-17-10-8-15-12-19(13-18-15)11-9-14-4-6-16(20-2)7-5-14/h4-7,12-13,17H,3,8-11H2,1-2H3. The molecule has 20 heavy (non-hydrogen) atoms. The van der Waals surface area contributed by atoms with Crippen LogP contribution in [0.15, 0.2) is 36.8 Å². The number of benzene rings is 1. The Hall–Kier alpha value is -1.81. The molecule has 4 nitrogen and oxygen atoms in total. The fourth-order valence-corrected chi connectivity index (χ4v) is 2.10. The smallest absolute Gasteiger partial charge is 0.118 e. The Morgan fingerprint density at radius 3 is 2.70 bits per heavy atom. The number of aromatic nitrogens is 2. The SMILES string of the molecule is CCNCCc1cn(CCc2ccc(OC)cc2)cn1. The molecule has 1 aromatic heterocycles. The summed E-state index contributed by atoms with van der Waals surface area (Å²) >= 11 is 0. The van der Waals surface area contributed by atoms with Crippen molar-refractivity contribution in [3.63, 3.8) is 0 Å². The molecule has 2 aromatic rings. The first-order valence-electron chi connectivity index (χ1n) is 7.16. The second-order valence-electron chi connectivity index (χ2n) is 4.80. The zero-order chi connectivity index (χ0) is 14.2. The van der Waals surface area contributed by atoms with Crippen molar-refractivity contribution in [3.05, 3.63) is 48.0 Å². The average Bonchev–Trinajstić information content (AvgIpc) is 2.94. The van der Waals surface area contributed by atoms with Gasteiger partial charge in [-0.2, -0.15) is 0 Å². The largest absolute Gasteiger partial charge is 0.497 e. The Morgan fingerprint density at radius 2 is 2.00 bits per heavy atom. The Labute approximate surface area is 120 Å². The van der Waals surface area contributed by atoms with Crippen molar-refractivity contribution in [3.8, 4) is 5.75 Å². The van der Waals surface area contributed by atoms with Crippen molar-refractivity contribution >= 4 is 0 Å². The number of nitrogens with one attached hydrogen (secondary N) is 1. The van der Waals surface area contributed by atoms with E-state index in [-0.39, 0.29) is 0 Å². The van der Waals surface area contributed by atoms with Gasteiger partial charge in [-0.25, -0.2) is 4.98 Å². The molecule has 0 saturated carbocycles. The van der Waals surface area contributed by atoms with Crippen molar-refractivity contribution in [2.75, 3.05) is 20.2 Å². The predicted octanol–water partition coefficient (Wildman–Crippen LogP) is 2.29. The van der Waals surface area contributed by atoms with Crippen LogP contribution in [0.4, 0.5) is 0 Å². The van der Waals surface area contributed by atoms with Gasteiger partial charge in [-0.05, 0) is 30.7 Å². The number of likely N-dealkylation sites (N-methyl/N-ethyl adjacent to an activating group) is 1. The lowest BCUT2D eigenvalue weighted by molar-refractivity contribution is 0.414. The van der Waals surface area contributed by atoms with Crippen LogP contribution in [0.1, 0.15) is 18.2 Å². The van der Waals surface area contributed by atoms with E-state index < -0.39 is 0 Å². The van der Waals surface area contributed by atoms with E-state index in [0.717, 1.165) is 43.9 Å². The molecule has 0 aliphatic rings. The molecule has 0 aliphatic carbocycles. The van der Waals surface area contributed by atoms with Gasteiger partial charge in [0.1, 0.15) is 5.75 Å². The van der Waals surface area contributed by atoms with E-state index in [4.69, 9.17) is 4.74 Å². The van der Waals surface area contributed by atoms with E-state index in [1.807, 2.05) is 18.5 Å². The summed E-state index contributed by atoms with van der Waals surface area (Å²) in [6.45, 7) is 5.08. The fourth-order valence-electron chi connectivity index (χ4n) is 2.10. The fraction of sp³-hybridized carbons (Fsp3) is 0.438. The third-order valence-corrected chi connectivity index (χ3v) is 3.31. The summed E-state index contributed by atoms with van der Waals surface area (Å²) in [7, 11) is 1.69. The number of hydrogen-bond acceptors (Lipinski definition) is 3. The molecular formula is C16H23N3O. The molecule has 1 aromatic carbocycles. The quantitative estimate of drug-likeness (QED) is 0.750. The maximum atomic E-state index is 5.16. The van der Waals surface area contributed by atoms with Crippen LogP contribution in [-0.2, 0) is 19.4 Å². The Morgan fingerprint density at radius 1 is 1.20 bits per heavy atom. The summed E-state index contributed by atoms with van der Waals surface area (Å²) in [4.78, 5) is 4.43. The molecule has 0 aliphatic heterocycles. The summed E-state index contributed by atoms with van der Waals surface area (Å²) in [5.41, 5.74) is 2.47. The van der Waals surface area contributed by atoms with Crippen LogP contribution in [0, 0.1) is 0 Å². The molecule has 0 spiro atoms. The third-order valence-electron chi connectivity index (χ3n) is 3.31. The van der Waals surface area contributed by atoms with E-state index in [2.05, 4.69) is 40.1 Å². The van der Waals surface area contributed by atoms with Gasteiger partial charge in [0.2, 0.25) is 0 Å². The van der Waals surface area contributed by atoms with Crippen LogP contribution in [0.25, 0.3) is 0 Å². The summed E-state index contributed by atoms with van der Waals surface area (Å²) in [6.07, 6.45) is 6.06. The number of methoxy groups -OCH3 is 1. The Bertz CT molecular complexity index is 505. The molecule has 108 valence electrons. The van der Waals surface area contributed by atoms with E-state index in [0.29, 0.717) is 0 Å². The zero-order valence-electron chi connectivity index (χ0n) is 12.3. The topological polar surface area (TPSA) is 39.1 Å². The van der Waals surface area contributed by atoms with Crippen molar-refractivity contribution in [2.24, 2.45) is 0 Å². The van der Waals surface area contributed by atoms with Crippen LogP contribution < -0.4 is 10.1 Å². The zero-order valence-corrected chi connectivity index (χ0v) is 12.3. The minimum Gasteiger partial charge on any atom is -0.497 e. The van der Waals surface area contributed by atoms with Gasteiger partial charge in [0.05, 0.1) is 19.1 Å². The highest BCUT2D eigenvalue weighted by Gasteiger charge is 2.00. The lowest BCUT2D eigenvalue weighted by Gasteiger charge is -2.04. The molecule has 2 rings (SSSR count). The minimum atomic E-state index is 0.905. The van der Waals surface area contributed by atoms with Gasteiger partial charge < -0.3 is 14.6 Å². The van der Waals surface area contributed by atoms with Crippen molar-refractivity contribution in [1.29, 1.82) is 0 Å². The molecule has 1 N–H and O–H groups in total. The molecule has 0 fully saturated rings. The van der Waals surface area contributed by atoms with Gasteiger partial charge in [0.15, 0.2) is 0 Å². The number of hydrogen-bond donors (Lipinski definition) is 1. The van der Waals surface area contributed by atoms with Crippen LogP contribution in [0.5, 0.6) is 5.75 Å². The van der Waals surface area contributed by atoms with Crippen LogP contribution in [0.2, 0.25) is 0 Å². The van der Waals surface area contributed by atoms with E-state index in [1.54, 1.807) is 7.11 Å². The van der Waals surface area contributed by atoms with E-state index in [9.17, 15) is 0 Å². The van der Waals surface area contributed by atoms with E-state index >= 15 is 0 Å². The van der Waals surface area contributed by atoms with E-state index in [1.165, 1.54) is 5.56 Å². The van der Waals surface area contributed by atoms with Crippen LogP contribution >= 0.6 is 0 Å². The highest BCUT2D eigenvalue weighted by atomic mass is 16.5. The molecule has 1 heterocycles. The molecule has 0 saturated heterocycles. The minimum absolute atomic E-state index is 0.905. The maximum absolute atomic E-state index is 5.16. The Kier molecular flexibility index (Phi) is 5.62. The van der Waals surface area contributed by atoms with Gasteiger partial charge in [-0.3, -0.25) is 0 Å². The average molecular weight is 273 g/mol. The summed E-state index contributed by atoms with van der Waals surface area (Å²) in [6, 6.07) is 8.24. The third kappa shape index (κ3) is 4.38. The van der Waals surface area contributed by atoms with Crippen LogP contribution in [0.3, 0.4) is 0 Å². The predicted molar refractivity (Wildman–Crippen MR) is 81.2 cm³/mol. The summed E-state index contributed by atoms with van der Waals surface area (Å²) in [5.74, 6) is 0.905. The molecule has 0 atom stereocenters. The van der Waals surface area contributed by atoms with Gasteiger partial charge >= 0.3 is 0 Å². The number of rotatable bonds is 8. The molecular weight excluding hydrogens is 250 g/mol. The van der Waals surface area contributed by atoms with Gasteiger partial charge in [-0.1, -0.05) is 19.1 Å². The number of imidazole rings is 1. The second kappa shape index (κ2) is 7.70. The number of nitrogens with zero attached hydrogens (tertiary/aromatic N) is 2. The summed E-state index contributed by atoms with van der Waals surface area (Å²) in [5, 5.41) is 3.31. The lowest BCUT2D eigenvalue weighted by Crippen LogP contribution is -2.16. The van der Waals surface area contributed by atoms with Crippen molar-refractivity contribution in [1.82, 2.24) is 14.9 Å². The first-order chi connectivity index (χ1) is 9.81. The van der Waals surface area contributed by atoms with Crippen LogP contribution in [-0.4, -0.2) is 29.8 Å². The summed E-state index contributed by atoms with van der Waals surface area (Å²) < 4.78 is 7.32. The lowest BCUT2D eigenvalue weighted by atomic mass is 10.1. The molecule has 0 bridgehead atoms. The maximum Gasteiger partial charge on any atom is 0.118 e. The first-order valence-corrected chi connectivity index (χ1v) is 7.16. The number of ether oxygens (including phenoxy) is 1. The second-order valence-corrected chi connectivity index (χ2v) is 4.80. The van der Waals surface area contributed by atoms with Gasteiger partial charge in [-0.15, -0.1) is 0 Å².